The molecular formula is C21H33N7O. The van der Waals surface area contributed by atoms with E-state index in [1.54, 1.807) is 0 Å². The number of hydrogen-bond donors (Lipinski definition) is 0. The van der Waals surface area contributed by atoms with Crippen LogP contribution in [0.2, 0.25) is 0 Å². The van der Waals surface area contributed by atoms with Crippen LogP contribution in [0.25, 0.3) is 0 Å². The third kappa shape index (κ3) is 4.55. The molecular weight excluding hydrogens is 366 g/mol. The van der Waals surface area contributed by atoms with Crippen LogP contribution in [-0.2, 0) is 17.9 Å². The van der Waals surface area contributed by atoms with Crippen molar-refractivity contribution < 1.29 is 4.79 Å². The van der Waals surface area contributed by atoms with Crippen molar-refractivity contribution in [1.82, 2.24) is 24.6 Å². The lowest BCUT2D eigenvalue weighted by molar-refractivity contribution is -0.128. The molecule has 8 nitrogen and oxygen atoms in total. The zero-order valence-electron chi connectivity index (χ0n) is 17.6. The summed E-state index contributed by atoms with van der Waals surface area (Å²) in [6.45, 7) is 9.71. The minimum absolute atomic E-state index is 0.154. The molecule has 8 heteroatoms. The molecule has 158 valence electrons. The molecule has 3 saturated heterocycles. The first kappa shape index (κ1) is 20.1. The molecule has 1 aromatic heterocycles. The average molecular weight is 400 g/mol. The van der Waals surface area contributed by atoms with Crippen LogP contribution in [0.5, 0.6) is 0 Å². The first-order valence-corrected chi connectivity index (χ1v) is 11.2. The van der Waals surface area contributed by atoms with Gasteiger partial charge in [-0.15, -0.1) is 10.2 Å². The molecule has 0 aliphatic carbocycles. The molecule has 29 heavy (non-hydrogen) atoms. The number of piperidine rings is 1. The molecule has 1 aromatic rings. The normalized spacial score (nSPS) is 23.9. The fourth-order valence-electron chi connectivity index (χ4n) is 4.95. The number of carbonyl (C=O) groups excluding carboxylic acids is 1. The Kier molecular flexibility index (Phi) is 6.34. The average Bonchev–Trinajstić information content (AvgIpc) is 3.45. The Balaban J connectivity index is 1.51. The second-order valence-electron chi connectivity index (χ2n) is 8.79. The first-order valence-electron chi connectivity index (χ1n) is 11.2. The highest BCUT2D eigenvalue weighted by atomic mass is 16.2. The van der Waals surface area contributed by atoms with E-state index in [1.165, 1.54) is 25.9 Å². The Hall–Kier alpha value is -2.14. The molecule has 3 aliphatic heterocycles. The first-order chi connectivity index (χ1) is 14.2. The van der Waals surface area contributed by atoms with Gasteiger partial charge in [0.05, 0.1) is 12.6 Å². The zero-order chi connectivity index (χ0) is 20.2. The third-order valence-electron chi connectivity index (χ3n) is 6.62. The van der Waals surface area contributed by atoms with Gasteiger partial charge in [0.1, 0.15) is 0 Å². The lowest BCUT2D eigenvalue weighted by atomic mass is 9.99. The standard InChI is InChI=1S/C21H33N7O/c1-2-8-25-10-5-18(14-25)15-28-19(16-27-9-3-4-20(27)29)23-24-21(28)26-11-6-17(13-22)7-12-26/h17-18H,2-12,14-16H2,1H3. The van der Waals surface area contributed by atoms with Crippen LogP contribution in [-0.4, -0.2) is 69.7 Å². The van der Waals surface area contributed by atoms with Gasteiger partial charge >= 0.3 is 0 Å². The number of nitriles is 1. The van der Waals surface area contributed by atoms with E-state index in [0.29, 0.717) is 18.9 Å². The highest BCUT2D eigenvalue weighted by molar-refractivity contribution is 5.77. The quantitative estimate of drug-likeness (QED) is 0.696. The van der Waals surface area contributed by atoms with Gasteiger partial charge in [-0.1, -0.05) is 6.92 Å². The molecule has 1 atom stereocenters. The number of hydrogen-bond acceptors (Lipinski definition) is 6. The van der Waals surface area contributed by atoms with E-state index in [0.717, 1.165) is 63.8 Å². The van der Waals surface area contributed by atoms with Crippen molar-refractivity contribution in [3.63, 3.8) is 0 Å². The minimum Gasteiger partial charge on any atom is -0.341 e. The van der Waals surface area contributed by atoms with Gasteiger partial charge in [-0.25, -0.2) is 0 Å². The molecule has 4 heterocycles. The number of aromatic nitrogens is 3. The number of nitrogens with zero attached hydrogens (tertiary/aromatic N) is 7. The van der Waals surface area contributed by atoms with Gasteiger partial charge < -0.3 is 14.7 Å². The predicted molar refractivity (Wildman–Crippen MR) is 110 cm³/mol. The Morgan fingerprint density at radius 1 is 1.14 bits per heavy atom. The lowest BCUT2D eigenvalue weighted by Crippen LogP contribution is -2.36. The summed E-state index contributed by atoms with van der Waals surface area (Å²) in [5, 5.41) is 18.3. The van der Waals surface area contributed by atoms with Gasteiger partial charge in [0, 0.05) is 45.1 Å². The lowest BCUT2D eigenvalue weighted by Gasteiger charge is -2.30. The highest BCUT2D eigenvalue weighted by Crippen LogP contribution is 2.26. The van der Waals surface area contributed by atoms with Gasteiger partial charge in [0.15, 0.2) is 5.82 Å². The van der Waals surface area contributed by atoms with Crippen molar-refractivity contribution >= 4 is 11.9 Å². The van der Waals surface area contributed by atoms with Crippen molar-refractivity contribution in [1.29, 1.82) is 5.26 Å². The molecule has 4 rings (SSSR count). The maximum Gasteiger partial charge on any atom is 0.227 e. The number of anilines is 1. The molecule has 1 amide bonds. The topological polar surface area (TPSA) is 81.3 Å². The van der Waals surface area contributed by atoms with Crippen LogP contribution in [0.3, 0.4) is 0 Å². The largest absolute Gasteiger partial charge is 0.341 e. The molecule has 0 saturated carbocycles. The number of amides is 1. The maximum atomic E-state index is 12.1. The van der Waals surface area contributed by atoms with Gasteiger partial charge in [0.2, 0.25) is 11.9 Å². The molecule has 0 aromatic carbocycles. The molecule has 3 aliphatic rings. The van der Waals surface area contributed by atoms with Crippen LogP contribution in [0.1, 0.15) is 51.3 Å². The van der Waals surface area contributed by atoms with Crippen molar-refractivity contribution in [2.45, 2.75) is 58.5 Å². The van der Waals surface area contributed by atoms with Crippen LogP contribution in [0, 0.1) is 23.2 Å². The number of rotatable bonds is 7. The zero-order valence-corrected chi connectivity index (χ0v) is 17.6. The van der Waals surface area contributed by atoms with Gasteiger partial charge in [-0.2, -0.15) is 5.26 Å². The summed E-state index contributed by atoms with van der Waals surface area (Å²) in [6.07, 6.45) is 5.76. The van der Waals surface area contributed by atoms with Crippen LogP contribution >= 0.6 is 0 Å². The van der Waals surface area contributed by atoms with E-state index >= 15 is 0 Å². The Morgan fingerprint density at radius 2 is 1.97 bits per heavy atom. The molecule has 1 unspecified atom stereocenters. The van der Waals surface area contributed by atoms with Crippen molar-refractivity contribution in [2.24, 2.45) is 11.8 Å². The highest BCUT2D eigenvalue weighted by Gasteiger charge is 2.30. The monoisotopic (exact) mass is 399 g/mol. The van der Waals surface area contributed by atoms with E-state index in [4.69, 9.17) is 0 Å². The van der Waals surface area contributed by atoms with Crippen LogP contribution < -0.4 is 4.90 Å². The van der Waals surface area contributed by atoms with Gasteiger partial charge in [0.25, 0.3) is 0 Å². The summed E-state index contributed by atoms with van der Waals surface area (Å²) in [5.74, 6) is 2.82. The molecule has 0 spiro atoms. The van der Waals surface area contributed by atoms with E-state index in [2.05, 4.69) is 37.6 Å². The SMILES string of the molecule is CCCN1CCC(Cn2c(CN3CCCC3=O)nnc2N2CCC(C#N)CC2)C1. The summed E-state index contributed by atoms with van der Waals surface area (Å²) in [4.78, 5) is 18.9. The van der Waals surface area contributed by atoms with Gasteiger partial charge in [-0.05, 0) is 51.1 Å². The minimum atomic E-state index is 0.154. The number of carbonyl (C=O) groups is 1. The van der Waals surface area contributed by atoms with Crippen LogP contribution in [0.4, 0.5) is 5.95 Å². The Bertz CT molecular complexity index is 747. The van der Waals surface area contributed by atoms with Crippen LogP contribution in [0.15, 0.2) is 0 Å². The molecule has 0 radical (unpaired) electrons. The second-order valence-corrected chi connectivity index (χ2v) is 8.79. The smallest absolute Gasteiger partial charge is 0.227 e. The fraction of sp³-hybridized carbons (Fsp3) is 0.810. The summed E-state index contributed by atoms with van der Waals surface area (Å²) in [5.41, 5.74) is 0. The molecule has 0 N–H and O–H groups in total. The van der Waals surface area contributed by atoms with E-state index in [1.807, 2.05) is 4.90 Å². The Labute approximate surface area is 173 Å². The van der Waals surface area contributed by atoms with Gasteiger partial charge in [-0.3, -0.25) is 9.36 Å². The van der Waals surface area contributed by atoms with E-state index in [-0.39, 0.29) is 11.8 Å². The fourth-order valence-corrected chi connectivity index (χ4v) is 4.95. The Morgan fingerprint density at radius 3 is 2.66 bits per heavy atom. The summed E-state index contributed by atoms with van der Waals surface area (Å²) < 4.78 is 2.28. The molecule has 3 fully saturated rings. The second kappa shape index (κ2) is 9.12. The van der Waals surface area contributed by atoms with Crippen molar-refractivity contribution in [3.05, 3.63) is 5.82 Å². The van der Waals surface area contributed by atoms with Crippen molar-refractivity contribution in [3.8, 4) is 6.07 Å². The molecule has 0 bridgehead atoms. The summed E-state index contributed by atoms with van der Waals surface area (Å²) in [7, 11) is 0. The summed E-state index contributed by atoms with van der Waals surface area (Å²) >= 11 is 0. The number of likely N-dealkylation sites (tertiary alicyclic amines) is 2. The predicted octanol–water partition coefficient (Wildman–Crippen LogP) is 1.87. The third-order valence-corrected chi connectivity index (χ3v) is 6.62. The summed E-state index contributed by atoms with van der Waals surface area (Å²) in [6, 6.07) is 2.41. The van der Waals surface area contributed by atoms with Crippen molar-refractivity contribution in [2.75, 3.05) is 44.2 Å². The van der Waals surface area contributed by atoms with E-state index in [9.17, 15) is 10.1 Å². The van der Waals surface area contributed by atoms with E-state index < -0.39 is 0 Å². The maximum absolute atomic E-state index is 12.1.